The molecule has 1 aliphatic rings. The van der Waals surface area contributed by atoms with Crippen LogP contribution < -0.4 is 4.74 Å². The Bertz CT molecular complexity index is 758. The van der Waals surface area contributed by atoms with Crippen molar-refractivity contribution in [1.29, 1.82) is 5.26 Å². The quantitative estimate of drug-likeness (QED) is 0.836. The number of nitriles is 1. The first-order valence-corrected chi connectivity index (χ1v) is 8.40. The van der Waals surface area contributed by atoms with Crippen molar-refractivity contribution >= 4 is 5.91 Å². The molecule has 2 aromatic heterocycles. The molecule has 1 atom stereocenters. The fraction of sp³-hybridized carbons (Fsp3) is 0.368. The van der Waals surface area contributed by atoms with Crippen LogP contribution >= 0.6 is 0 Å². The van der Waals surface area contributed by atoms with Crippen LogP contribution in [0.25, 0.3) is 0 Å². The van der Waals surface area contributed by atoms with E-state index in [-0.39, 0.29) is 11.8 Å². The third-order valence-electron chi connectivity index (χ3n) is 4.28. The molecule has 6 heteroatoms. The molecule has 2 aromatic rings. The maximum atomic E-state index is 12.5. The summed E-state index contributed by atoms with van der Waals surface area (Å²) in [6.45, 7) is 1.98. The summed E-state index contributed by atoms with van der Waals surface area (Å²) in [6, 6.07) is 9.12. The molecule has 25 heavy (non-hydrogen) atoms. The zero-order valence-corrected chi connectivity index (χ0v) is 14.0. The molecule has 0 aromatic carbocycles. The number of amides is 1. The monoisotopic (exact) mass is 336 g/mol. The average molecular weight is 336 g/mol. The van der Waals surface area contributed by atoms with E-state index >= 15 is 0 Å². The van der Waals surface area contributed by atoms with Gasteiger partial charge in [-0.3, -0.25) is 9.78 Å². The van der Waals surface area contributed by atoms with Crippen molar-refractivity contribution in [3.8, 4) is 11.9 Å². The highest BCUT2D eigenvalue weighted by Crippen LogP contribution is 2.19. The maximum absolute atomic E-state index is 12.5. The first-order valence-electron chi connectivity index (χ1n) is 8.40. The third kappa shape index (κ3) is 4.77. The summed E-state index contributed by atoms with van der Waals surface area (Å²) >= 11 is 0. The standard InChI is InChI=1S/C19H20N4O2/c20-11-15-5-7-22-18(9-15)25-14-17-4-2-8-23(13-17)19(24)10-16-3-1-6-21-12-16/h1,3,5-7,9,12,17H,2,4,8,10,13-14H2. The van der Waals surface area contributed by atoms with Crippen LogP contribution in [0.2, 0.25) is 0 Å². The van der Waals surface area contributed by atoms with E-state index in [1.807, 2.05) is 17.0 Å². The number of piperidine rings is 1. The van der Waals surface area contributed by atoms with E-state index in [0.717, 1.165) is 24.9 Å². The minimum atomic E-state index is 0.127. The summed E-state index contributed by atoms with van der Waals surface area (Å²) < 4.78 is 5.72. The van der Waals surface area contributed by atoms with Gasteiger partial charge in [-0.15, -0.1) is 0 Å². The predicted octanol–water partition coefficient (Wildman–Crippen LogP) is 2.21. The molecule has 1 unspecified atom stereocenters. The van der Waals surface area contributed by atoms with Gasteiger partial charge in [0.25, 0.3) is 0 Å². The molecule has 0 saturated carbocycles. The van der Waals surface area contributed by atoms with Crippen LogP contribution in [0, 0.1) is 17.2 Å². The molecular formula is C19H20N4O2. The Morgan fingerprint density at radius 2 is 2.32 bits per heavy atom. The molecule has 0 spiro atoms. The molecule has 1 saturated heterocycles. The summed E-state index contributed by atoms with van der Waals surface area (Å²) in [5, 5.41) is 8.91. The Kier molecular flexibility index (Phi) is 5.57. The van der Waals surface area contributed by atoms with E-state index in [1.54, 1.807) is 30.7 Å². The number of likely N-dealkylation sites (tertiary alicyclic amines) is 1. The second kappa shape index (κ2) is 8.25. The number of hydrogen-bond acceptors (Lipinski definition) is 5. The van der Waals surface area contributed by atoms with Crippen molar-refractivity contribution in [2.24, 2.45) is 5.92 Å². The lowest BCUT2D eigenvalue weighted by Crippen LogP contribution is -2.42. The number of nitrogens with zero attached hydrogens (tertiary/aromatic N) is 4. The fourth-order valence-corrected chi connectivity index (χ4v) is 2.98. The fourth-order valence-electron chi connectivity index (χ4n) is 2.98. The second-order valence-electron chi connectivity index (χ2n) is 6.19. The molecule has 0 radical (unpaired) electrons. The van der Waals surface area contributed by atoms with Crippen molar-refractivity contribution in [3.05, 3.63) is 54.0 Å². The molecule has 128 valence electrons. The Morgan fingerprint density at radius 1 is 1.40 bits per heavy atom. The van der Waals surface area contributed by atoms with Gasteiger partial charge in [0, 0.05) is 43.7 Å². The van der Waals surface area contributed by atoms with Crippen molar-refractivity contribution in [2.75, 3.05) is 19.7 Å². The summed E-state index contributed by atoms with van der Waals surface area (Å²) in [5.41, 5.74) is 1.46. The molecule has 1 fully saturated rings. The molecule has 1 amide bonds. The lowest BCUT2D eigenvalue weighted by molar-refractivity contribution is -0.132. The summed E-state index contributed by atoms with van der Waals surface area (Å²) in [6.07, 6.45) is 7.38. The van der Waals surface area contributed by atoms with Crippen LogP contribution in [0.1, 0.15) is 24.0 Å². The van der Waals surface area contributed by atoms with E-state index in [9.17, 15) is 4.79 Å². The number of pyridine rings is 2. The van der Waals surface area contributed by atoms with Gasteiger partial charge in [-0.1, -0.05) is 6.07 Å². The van der Waals surface area contributed by atoms with Crippen LogP contribution in [-0.4, -0.2) is 40.5 Å². The normalized spacial score (nSPS) is 16.9. The van der Waals surface area contributed by atoms with Gasteiger partial charge in [0.15, 0.2) is 0 Å². The summed E-state index contributed by atoms with van der Waals surface area (Å²) in [7, 11) is 0. The van der Waals surface area contributed by atoms with E-state index in [1.165, 1.54) is 0 Å². The van der Waals surface area contributed by atoms with Crippen molar-refractivity contribution < 1.29 is 9.53 Å². The summed E-state index contributed by atoms with van der Waals surface area (Å²) in [4.78, 5) is 22.6. The van der Waals surface area contributed by atoms with Gasteiger partial charge < -0.3 is 9.64 Å². The largest absolute Gasteiger partial charge is 0.477 e. The molecule has 1 aliphatic heterocycles. The van der Waals surface area contributed by atoms with Gasteiger partial charge in [-0.05, 0) is 30.5 Å². The number of carbonyl (C=O) groups is 1. The van der Waals surface area contributed by atoms with Gasteiger partial charge in [0.2, 0.25) is 11.8 Å². The van der Waals surface area contributed by atoms with Crippen molar-refractivity contribution in [3.63, 3.8) is 0 Å². The second-order valence-corrected chi connectivity index (χ2v) is 6.19. The third-order valence-corrected chi connectivity index (χ3v) is 4.28. The number of hydrogen-bond donors (Lipinski definition) is 0. The van der Waals surface area contributed by atoms with E-state index in [0.29, 0.717) is 31.0 Å². The van der Waals surface area contributed by atoms with Gasteiger partial charge in [-0.2, -0.15) is 5.26 Å². The molecule has 0 bridgehead atoms. The van der Waals surface area contributed by atoms with Crippen molar-refractivity contribution in [1.82, 2.24) is 14.9 Å². The van der Waals surface area contributed by atoms with Crippen LogP contribution in [0.3, 0.4) is 0 Å². The number of ether oxygens (including phenoxy) is 1. The van der Waals surface area contributed by atoms with Gasteiger partial charge in [0.1, 0.15) is 0 Å². The van der Waals surface area contributed by atoms with Crippen LogP contribution in [0.4, 0.5) is 0 Å². The molecule has 0 aliphatic carbocycles. The Hall–Kier alpha value is -2.94. The zero-order valence-electron chi connectivity index (χ0n) is 14.0. The minimum absolute atomic E-state index is 0.127. The first-order chi connectivity index (χ1) is 12.2. The number of carbonyl (C=O) groups excluding carboxylic acids is 1. The van der Waals surface area contributed by atoms with Gasteiger partial charge >= 0.3 is 0 Å². The van der Waals surface area contributed by atoms with Crippen LogP contribution in [0.15, 0.2) is 42.9 Å². The molecular weight excluding hydrogens is 316 g/mol. The molecule has 0 N–H and O–H groups in total. The topological polar surface area (TPSA) is 79.1 Å². The Balaban J connectivity index is 1.52. The van der Waals surface area contributed by atoms with Crippen LogP contribution in [0.5, 0.6) is 5.88 Å². The number of aromatic nitrogens is 2. The molecule has 6 nitrogen and oxygen atoms in total. The van der Waals surface area contributed by atoms with Crippen molar-refractivity contribution in [2.45, 2.75) is 19.3 Å². The highest BCUT2D eigenvalue weighted by molar-refractivity contribution is 5.78. The van der Waals surface area contributed by atoms with Crippen LogP contribution in [-0.2, 0) is 11.2 Å². The highest BCUT2D eigenvalue weighted by atomic mass is 16.5. The Morgan fingerprint density at radius 3 is 3.12 bits per heavy atom. The first kappa shape index (κ1) is 16.9. The van der Waals surface area contributed by atoms with Gasteiger partial charge in [-0.25, -0.2) is 4.98 Å². The van der Waals surface area contributed by atoms with E-state index in [2.05, 4.69) is 16.0 Å². The zero-order chi connectivity index (χ0) is 17.5. The SMILES string of the molecule is N#Cc1ccnc(OCC2CCCN(C(=O)Cc3cccnc3)C2)c1. The smallest absolute Gasteiger partial charge is 0.227 e. The van der Waals surface area contributed by atoms with Gasteiger partial charge in [0.05, 0.1) is 24.7 Å². The number of rotatable bonds is 5. The van der Waals surface area contributed by atoms with E-state index in [4.69, 9.17) is 10.00 Å². The Labute approximate surface area is 147 Å². The lowest BCUT2D eigenvalue weighted by atomic mass is 9.98. The summed E-state index contributed by atoms with van der Waals surface area (Å²) in [5.74, 6) is 0.860. The predicted molar refractivity (Wildman–Crippen MR) is 91.7 cm³/mol. The average Bonchev–Trinajstić information content (AvgIpc) is 2.67. The lowest BCUT2D eigenvalue weighted by Gasteiger charge is -2.32. The molecule has 3 heterocycles. The molecule has 3 rings (SSSR count). The van der Waals surface area contributed by atoms with E-state index < -0.39 is 0 Å². The minimum Gasteiger partial charge on any atom is -0.477 e. The highest BCUT2D eigenvalue weighted by Gasteiger charge is 2.24. The maximum Gasteiger partial charge on any atom is 0.227 e.